The first kappa shape index (κ1) is 15.8. The van der Waals surface area contributed by atoms with Gasteiger partial charge in [-0.15, -0.1) is 0 Å². The molecular weight excluding hydrogens is 260 g/mol. The Balaban J connectivity index is 2.41. The van der Waals surface area contributed by atoms with E-state index in [0.29, 0.717) is 0 Å². The van der Waals surface area contributed by atoms with Gasteiger partial charge in [-0.25, -0.2) is 0 Å². The predicted octanol–water partition coefficient (Wildman–Crippen LogP) is 3.93. The summed E-state index contributed by atoms with van der Waals surface area (Å²) in [4.78, 5) is 4.71. The number of hydrogen-bond donors (Lipinski definition) is 2. The second-order valence-corrected chi connectivity index (χ2v) is 6.41. The van der Waals surface area contributed by atoms with Crippen LogP contribution in [0.5, 0.6) is 0 Å². The van der Waals surface area contributed by atoms with Crippen molar-refractivity contribution in [2.75, 3.05) is 18.5 Å². The summed E-state index contributed by atoms with van der Waals surface area (Å²) in [5, 5.41) is 14.0. The molecule has 2 N–H and O–H groups in total. The van der Waals surface area contributed by atoms with Gasteiger partial charge in [-0.1, -0.05) is 39.0 Å². The Morgan fingerprint density at radius 1 is 1.24 bits per heavy atom. The molecule has 0 atom stereocenters. The van der Waals surface area contributed by atoms with Crippen LogP contribution in [-0.4, -0.2) is 23.2 Å². The van der Waals surface area contributed by atoms with Crippen LogP contribution in [0.1, 0.15) is 38.4 Å². The number of hydrogen-bond acceptors (Lipinski definition) is 3. The summed E-state index contributed by atoms with van der Waals surface area (Å²) in [7, 11) is 0. The van der Waals surface area contributed by atoms with Crippen molar-refractivity contribution in [1.82, 2.24) is 4.98 Å². The van der Waals surface area contributed by atoms with Gasteiger partial charge < -0.3 is 10.4 Å². The molecule has 0 aliphatic carbocycles. The topological polar surface area (TPSA) is 45.2 Å². The first-order valence-electron chi connectivity index (χ1n) is 7.71. The Hall–Kier alpha value is -1.61. The fraction of sp³-hybridized carbons (Fsp3) is 0.500. The molecule has 114 valence electrons. The van der Waals surface area contributed by atoms with E-state index in [1.807, 2.05) is 6.07 Å². The maximum atomic E-state index is 9.18. The van der Waals surface area contributed by atoms with Crippen LogP contribution in [0.4, 0.5) is 5.69 Å². The van der Waals surface area contributed by atoms with E-state index >= 15 is 0 Å². The lowest BCUT2D eigenvalue weighted by Crippen LogP contribution is -2.25. The van der Waals surface area contributed by atoms with Gasteiger partial charge in [-0.05, 0) is 36.8 Å². The highest BCUT2D eigenvalue weighted by molar-refractivity contribution is 5.93. The largest absolute Gasteiger partial charge is 0.396 e. The van der Waals surface area contributed by atoms with Gasteiger partial charge >= 0.3 is 0 Å². The maximum absolute atomic E-state index is 9.18. The number of fused-ring (bicyclic) bond motifs is 1. The van der Waals surface area contributed by atoms with E-state index in [1.165, 1.54) is 16.6 Å². The zero-order chi connectivity index (χ0) is 15.5. The molecule has 0 spiro atoms. The summed E-state index contributed by atoms with van der Waals surface area (Å²) in [6, 6.07) is 8.27. The Kier molecular flexibility index (Phi) is 4.84. The van der Waals surface area contributed by atoms with Gasteiger partial charge in [-0.2, -0.15) is 0 Å². The van der Waals surface area contributed by atoms with Gasteiger partial charge in [0.2, 0.25) is 0 Å². The molecule has 0 aliphatic heterocycles. The van der Waals surface area contributed by atoms with Crippen molar-refractivity contribution < 1.29 is 5.11 Å². The van der Waals surface area contributed by atoms with Crippen LogP contribution in [-0.2, 0) is 6.42 Å². The molecular formula is C18H26N2O. The van der Waals surface area contributed by atoms with Crippen LogP contribution in [0.15, 0.2) is 24.3 Å². The minimum atomic E-state index is 0.0675. The van der Waals surface area contributed by atoms with E-state index in [-0.39, 0.29) is 12.0 Å². The Morgan fingerprint density at radius 3 is 2.62 bits per heavy atom. The van der Waals surface area contributed by atoms with Crippen LogP contribution in [0.3, 0.4) is 0 Å². The lowest BCUT2D eigenvalue weighted by atomic mass is 9.89. The average molecular weight is 286 g/mol. The third-order valence-corrected chi connectivity index (χ3v) is 4.09. The van der Waals surface area contributed by atoms with Gasteiger partial charge in [0, 0.05) is 29.9 Å². The number of nitrogens with one attached hydrogen (secondary N) is 1. The standard InChI is InChI=1S/C18H26N2O/c1-5-14-13(2)20-16-9-7-6-8-15(16)17(14)19-12-18(3,4)10-11-21/h6-9,21H,5,10-12H2,1-4H3,(H,19,20). The number of aliphatic hydroxyl groups is 1. The Labute approximate surface area is 127 Å². The number of aryl methyl sites for hydroxylation is 1. The van der Waals surface area contributed by atoms with Crippen LogP contribution in [0.25, 0.3) is 10.9 Å². The molecule has 1 aromatic carbocycles. The molecule has 0 saturated carbocycles. The third-order valence-electron chi connectivity index (χ3n) is 4.09. The number of pyridine rings is 1. The number of anilines is 1. The van der Waals surface area contributed by atoms with E-state index in [0.717, 1.165) is 30.6 Å². The van der Waals surface area contributed by atoms with Crippen molar-refractivity contribution in [2.45, 2.75) is 40.5 Å². The van der Waals surface area contributed by atoms with Crippen LogP contribution in [0.2, 0.25) is 0 Å². The van der Waals surface area contributed by atoms with E-state index < -0.39 is 0 Å². The van der Waals surface area contributed by atoms with Crippen molar-refractivity contribution in [1.29, 1.82) is 0 Å². The highest BCUT2D eigenvalue weighted by Crippen LogP contribution is 2.30. The van der Waals surface area contributed by atoms with Crippen molar-refractivity contribution in [3.05, 3.63) is 35.5 Å². The molecule has 2 aromatic rings. The number of benzene rings is 1. The summed E-state index contributed by atoms with van der Waals surface area (Å²) >= 11 is 0. The molecule has 2 rings (SSSR count). The number of nitrogens with zero attached hydrogens (tertiary/aromatic N) is 1. The van der Waals surface area contributed by atoms with Gasteiger partial charge in [0.15, 0.2) is 0 Å². The monoisotopic (exact) mass is 286 g/mol. The van der Waals surface area contributed by atoms with E-state index in [9.17, 15) is 5.11 Å². The van der Waals surface area contributed by atoms with Gasteiger partial charge in [0.25, 0.3) is 0 Å². The number of rotatable bonds is 6. The number of aromatic nitrogens is 1. The summed E-state index contributed by atoms with van der Waals surface area (Å²) in [5.74, 6) is 0. The molecule has 21 heavy (non-hydrogen) atoms. The highest BCUT2D eigenvalue weighted by atomic mass is 16.3. The second-order valence-electron chi connectivity index (χ2n) is 6.41. The minimum Gasteiger partial charge on any atom is -0.396 e. The van der Waals surface area contributed by atoms with Gasteiger partial charge in [0.1, 0.15) is 0 Å². The van der Waals surface area contributed by atoms with E-state index in [1.54, 1.807) is 0 Å². The summed E-state index contributed by atoms with van der Waals surface area (Å²) in [6.45, 7) is 9.67. The lowest BCUT2D eigenvalue weighted by molar-refractivity contribution is 0.220. The van der Waals surface area contributed by atoms with E-state index in [2.05, 4.69) is 51.2 Å². The molecule has 0 aliphatic rings. The highest BCUT2D eigenvalue weighted by Gasteiger charge is 2.19. The summed E-state index contributed by atoms with van der Waals surface area (Å²) in [5.41, 5.74) is 4.69. The van der Waals surface area contributed by atoms with Crippen LogP contribution >= 0.6 is 0 Å². The van der Waals surface area contributed by atoms with Crippen molar-refractivity contribution in [2.24, 2.45) is 5.41 Å². The summed E-state index contributed by atoms with van der Waals surface area (Å²) in [6.07, 6.45) is 1.76. The maximum Gasteiger partial charge on any atom is 0.0726 e. The molecule has 0 saturated heterocycles. The second kappa shape index (κ2) is 6.44. The van der Waals surface area contributed by atoms with Crippen molar-refractivity contribution in [3.63, 3.8) is 0 Å². The zero-order valence-corrected chi connectivity index (χ0v) is 13.5. The zero-order valence-electron chi connectivity index (χ0n) is 13.5. The lowest BCUT2D eigenvalue weighted by Gasteiger charge is -2.26. The van der Waals surface area contributed by atoms with Crippen LogP contribution < -0.4 is 5.32 Å². The fourth-order valence-electron chi connectivity index (χ4n) is 2.73. The first-order chi connectivity index (χ1) is 9.98. The first-order valence-corrected chi connectivity index (χ1v) is 7.71. The molecule has 0 unspecified atom stereocenters. The van der Waals surface area contributed by atoms with Crippen molar-refractivity contribution >= 4 is 16.6 Å². The average Bonchev–Trinajstić information content (AvgIpc) is 2.44. The van der Waals surface area contributed by atoms with Crippen LogP contribution in [0, 0.1) is 12.3 Å². The molecule has 0 fully saturated rings. The SMILES string of the molecule is CCc1c(C)nc2ccccc2c1NCC(C)(C)CCO. The molecule has 3 heteroatoms. The normalized spacial score (nSPS) is 11.9. The molecule has 0 radical (unpaired) electrons. The molecule has 0 bridgehead atoms. The molecule has 0 amide bonds. The Morgan fingerprint density at radius 2 is 1.95 bits per heavy atom. The third kappa shape index (κ3) is 3.53. The predicted molar refractivity (Wildman–Crippen MR) is 89.8 cm³/mol. The van der Waals surface area contributed by atoms with Gasteiger partial charge in [0.05, 0.1) is 5.52 Å². The minimum absolute atomic E-state index is 0.0675. The number of aliphatic hydroxyl groups excluding tert-OH is 1. The molecule has 3 nitrogen and oxygen atoms in total. The van der Waals surface area contributed by atoms with E-state index in [4.69, 9.17) is 4.98 Å². The summed E-state index contributed by atoms with van der Waals surface area (Å²) < 4.78 is 0. The fourth-order valence-corrected chi connectivity index (χ4v) is 2.73. The van der Waals surface area contributed by atoms with Crippen molar-refractivity contribution in [3.8, 4) is 0 Å². The smallest absolute Gasteiger partial charge is 0.0726 e. The Bertz CT molecular complexity index is 620. The molecule has 1 heterocycles. The molecule has 1 aromatic heterocycles. The number of para-hydroxylation sites is 1. The van der Waals surface area contributed by atoms with Gasteiger partial charge in [-0.3, -0.25) is 4.98 Å². The quantitative estimate of drug-likeness (QED) is 0.846.